The van der Waals surface area contributed by atoms with Crippen LogP contribution in [0.2, 0.25) is 0 Å². The van der Waals surface area contributed by atoms with Gasteiger partial charge in [-0.15, -0.1) is 0 Å². The number of hydrogen-bond donors (Lipinski definition) is 1. The van der Waals surface area contributed by atoms with Crippen LogP contribution in [-0.4, -0.2) is 18.7 Å². The molecule has 2 aromatic carbocycles. The van der Waals surface area contributed by atoms with Crippen molar-refractivity contribution < 1.29 is 19.1 Å². The Morgan fingerprint density at radius 3 is 2.29 bits per heavy atom. The molecule has 0 aromatic heterocycles. The monoisotopic (exact) mass is 407 g/mol. The van der Waals surface area contributed by atoms with Gasteiger partial charge in [0.15, 0.2) is 11.5 Å². The molecule has 0 aliphatic heterocycles. The molecule has 0 heterocycles. The summed E-state index contributed by atoms with van der Waals surface area (Å²) in [6.07, 6.45) is 0. The van der Waals surface area contributed by atoms with Crippen molar-refractivity contribution in [1.29, 1.82) is 0 Å². The number of methoxy groups -OCH3 is 1. The third kappa shape index (κ3) is 2.68. The molecular weight excluding hydrogens is 398 g/mol. The van der Waals surface area contributed by atoms with Crippen LogP contribution in [0.5, 0.6) is 11.5 Å². The second kappa shape index (κ2) is 6.30. The van der Waals surface area contributed by atoms with Crippen LogP contribution in [0.3, 0.4) is 0 Å². The maximum atomic E-state index is 12.6. The first-order valence-corrected chi connectivity index (χ1v) is 8.00. The lowest BCUT2D eigenvalue weighted by atomic mass is 9.93. The van der Waals surface area contributed by atoms with E-state index in [1.807, 2.05) is 0 Å². The molecule has 24 heavy (non-hydrogen) atoms. The smallest absolute Gasteiger partial charge is 0.230 e. The fourth-order valence-electron chi connectivity index (χ4n) is 2.33. The summed E-state index contributed by atoms with van der Waals surface area (Å²) in [5, 5.41) is -0.277. The van der Waals surface area contributed by atoms with E-state index in [0.717, 1.165) is 0 Å². The second-order valence-corrected chi connectivity index (χ2v) is 6.21. The van der Waals surface area contributed by atoms with Gasteiger partial charge in [0.05, 0.1) is 17.3 Å². The summed E-state index contributed by atoms with van der Waals surface area (Å²) in [5.74, 6) is -0.493. The first kappa shape index (κ1) is 16.5. The largest absolute Gasteiger partial charge is 0.497 e. The molecule has 0 unspecified atom stereocenters. The quantitative estimate of drug-likeness (QED) is 0.778. The molecule has 0 spiro atoms. The molecule has 1 aliphatic carbocycles. The van der Waals surface area contributed by atoms with E-state index in [9.17, 15) is 9.59 Å². The predicted octanol–water partition coefficient (Wildman–Crippen LogP) is 3.95. The highest BCUT2D eigenvalue weighted by molar-refractivity contribution is 9.10. The molecule has 2 N–H and O–H groups in total. The zero-order valence-electron chi connectivity index (χ0n) is 12.4. The van der Waals surface area contributed by atoms with Gasteiger partial charge in [0.1, 0.15) is 10.8 Å². The van der Waals surface area contributed by atoms with Crippen LogP contribution in [0, 0.1) is 0 Å². The lowest BCUT2D eigenvalue weighted by molar-refractivity contribution is 0.0943. The second-order valence-electron chi connectivity index (χ2n) is 4.98. The minimum atomic E-state index is -0.475. The van der Waals surface area contributed by atoms with Crippen molar-refractivity contribution >= 4 is 44.8 Å². The highest BCUT2D eigenvalue weighted by Gasteiger charge is 2.33. The molecule has 7 heteroatoms. The van der Waals surface area contributed by atoms with Crippen molar-refractivity contribution in [2.24, 2.45) is 0 Å². The SMILES string of the molecule is COc1cc(N)c(OC2=C(Cl)C(=O)c3ccccc3C2=O)c(Br)c1. The lowest BCUT2D eigenvalue weighted by Gasteiger charge is -2.19. The van der Waals surface area contributed by atoms with E-state index in [-0.39, 0.29) is 33.4 Å². The molecule has 1 aliphatic rings. The van der Waals surface area contributed by atoms with Gasteiger partial charge < -0.3 is 15.2 Å². The number of benzene rings is 2. The number of halogens is 2. The van der Waals surface area contributed by atoms with Gasteiger partial charge in [0.2, 0.25) is 11.6 Å². The number of carbonyl (C=O) groups excluding carboxylic acids is 2. The molecule has 5 nitrogen and oxygen atoms in total. The molecule has 0 bridgehead atoms. The summed E-state index contributed by atoms with van der Waals surface area (Å²) < 4.78 is 11.2. The summed E-state index contributed by atoms with van der Waals surface area (Å²) in [5.41, 5.74) is 6.66. The Labute approximate surface area is 151 Å². The van der Waals surface area contributed by atoms with E-state index in [2.05, 4.69) is 15.9 Å². The van der Waals surface area contributed by atoms with Crippen LogP contribution in [-0.2, 0) is 0 Å². The number of Topliss-reactive ketones (excluding diaryl/α,β-unsaturated/α-hetero) is 2. The predicted molar refractivity (Wildman–Crippen MR) is 93.7 cm³/mol. The van der Waals surface area contributed by atoms with Crippen LogP contribution >= 0.6 is 27.5 Å². The molecule has 0 atom stereocenters. The summed E-state index contributed by atoms with van der Waals surface area (Å²) >= 11 is 9.38. The van der Waals surface area contributed by atoms with Crippen molar-refractivity contribution in [3.63, 3.8) is 0 Å². The van der Waals surface area contributed by atoms with Gasteiger partial charge in [0, 0.05) is 17.2 Å². The number of fused-ring (bicyclic) bond motifs is 1. The Morgan fingerprint density at radius 2 is 1.71 bits per heavy atom. The topological polar surface area (TPSA) is 78.6 Å². The summed E-state index contributed by atoms with van der Waals surface area (Å²) in [4.78, 5) is 25.0. The van der Waals surface area contributed by atoms with E-state index in [4.69, 9.17) is 26.8 Å². The van der Waals surface area contributed by atoms with Crippen molar-refractivity contribution in [2.75, 3.05) is 12.8 Å². The number of hydrogen-bond acceptors (Lipinski definition) is 5. The number of anilines is 1. The van der Waals surface area contributed by atoms with Crippen molar-refractivity contribution in [1.82, 2.24) is 0 Å². The van der Waals surface area contributed by atoms with Gasteiger partial charge in [-0.1, -0.05) is 35.9 Å². The van der Waals surface area contributed by atoms with Crippen molar-refractivity contribution in [3.8, 4) is 11.5 Å². The Morgan fingerprint density at radius 1 is 1.08 bits per heavy atom. The van der Waals surface area contributed by atoms with Crippen LogP contribution in [0.1, 0.15) is 20.7 Å². The number of carbonyl (C=O) groups is 2. The maximum Gasteiger partial charge on any atom is 0.230 e. The van der Waals surface area contributed by atoms with Crippen LogP contribution in [0.4, 0.5) is 5.69 Å². The van der Waals surface area contributed by atoms with E-state index in [1.54, 1.807) is 30.3 Å². The average Bonchev–Trinajstić information content (AvgIpc) is 2.58. The standard InChI is InChI=1S/C17H11BrClNO4/c1-23-8-6-11(18)16(12(20)7-8)24-17-13(19)14(21)9-4-2-3-5-10(9)15(17)22/h2-7H,20H2,1H3. The molecule has 122 valence electrons. The van der Waals surface area contributed by atoms with Crippen LogP contribution < -0.4 is 15.2 Å². The van der Waals surface area contributed by atoms with Crippen molar-refractivity contribution in [3.05, 3.63) is 62.8 Å². The maximum absolute atomic E-state index is 12.6. The van der Waals surface area contributed by atoms with Gasteiger partial charge in [0.25, 0.3) is 0 Å². The summed E-state index contributed by atoms with van der Waals surface area (Å²) in [6.45, 7) is 0. The summed E-state index contributed by atoms with van der Waals surface area (Å²) in [7, 11) is 1.50. The molecule has 0 saturated heterocycles. The number of nitrogen functional groups attached to an aromatic ring is 1. The van der Waals surface area contributed by atoms with Gasteiger partial charge in [-0.2, -0.15) is 0 Å². The van der Waals surface area contributed by atoms with E-state index >= 15 is 0 Å². The zero-order chi connectivity index (χ0) is 17.4. The fraction of sp³-hybridized carbons (Fsp3) is 0.0588. The van der Waals surface area contributed by atoms with Crippen molar-refractivity contribution in [2.45, 2.75) is 0 Å². The van der Waals surface area contributed by atoms with Crippen LogP contribution in [0.25, 0.3) is 0 Å². The minimum Gasteiger partial charge on any atom is -0.497 e. The fourth-order valence-corrected chi connectivity index (χ4v) is 3.09. The Kier molecular flexibility index (Phi) is 4.34. The minimum absolute atomic E-state index is 0.185. The highest BCUT2D eigenvalue weighted by atomic mass is 79.9. The van der Waals surface area contributed by atoms with Gasteiger partial charge in [-0.3, -0.25) is 9.59 Å². The number of allylic oxidation sites excluding steroid dienone is 2. The first-order chi connectivity index (χ1) is 11.4. The Hall–Kier alpha value is -2.31. The van der Waals surface area contributed by atoms with E-state index in [0.29, 0.717) is 10.2 Å². The van der Waals surface area contributed by atoms with E-state index in [1.165, 1.54) is 13.2 Å². The number of rotatable bonds is 3. The normalized spacial score (nSPS) is 13.8. The van der Waals surface area contributed by atoms with Gasteiger partial charge >= 0.3 is 0 Å². The third-order valence-corrected chi connectivity index (χ3v) is 4.44. The molecule has 0 saturated carbocycles. The average molecular weight is 409 g/mol. The van der Waals surface area contributed by atoms with Crippen LogP contribution in [0.15, 0.2) is 51.7 Å². The molecular formula is C17H11BrClNO4. The first-order valence-electron chi connectivity index (χ1n) is 6.83. The summed E-state index contributed by atoms with van der Waals surface area (Å²) in [6, 6.07) is 9.60. The number of nitrogens with two attached hydrogens (primary N) is 1. The van der Waals surface area contributed by atoms with Gasteiger partial charge in [-0.25, -0.2) is 0 Å². The molecule has 0 amide bonds. The Bertz CT molecular complexity index is 884. The highest BCUT2D eigenvalue weighted by Crippen LogP contribution is 2.39. The molecule has 2 aromatic rings. The zero-order valence-corrected chi connectivity index (χ0v) is 14.8. The molecule has 3 rings (SSSR count). The van der Waals surface area contributed by atoms with E-state index < -0.39 is 11.6 Å². The van der Waals surface area contributed by atoms with Gasteiger partial charge in [-0.05, 0) is 22.0 Å². The molecule has 0 radical (unpaired) electrons. The Balaban J connectivity index is 2.07. The number of ether oxygens (including phenoxy) is 2. The lowest BCUT2D eigenvalue weighted by Crippen LogP contribution is -2.23. The third-order valence-electron chi connectivity index (χ3n) is 3.51. The molecule has 0 fully saturated rings. The number of ketones is 2.